The first-order valence-electron chi connectivity index (χ1n) is 7.83. The van der Waals surface area contributed by atoms with E-state index in [1.165, 1.54) is 5.56 Å². The number of hydrogen-bond donors (Lipinski definition) is 0. The molecule has 116 valence electrons. The molecule has 0 unspecified atom stereocenters. The zero-order valence-corrected chi connectivity index (χ0v) is 13.1. The Morgan fingerprint density at radius 3 is 2.33 bits per heavy atom. The van der Waals surface area contributed by atoms with E-state index in [-0.39, 0.29) is 0 Å². The van der Waals surface area contributed by atoms with Crippen LogP contribution in [0.1, 0.15) is 43.6 Å². The van der Waals surface area contributed by atoms with Crippen molar-refractivity contribution in [1.29, 1.82) is 0 Å². The fraction of sp³-hybridized carbons (Fsp3) is 0.667. The summed E-state index contributed by atoms with van der Waals surface area (Å²) in [7, 11) is -3.27. The Balaban J connectivity index is 1.73. The molecule has 0 amide bonds. The minimum absolute atomic E-state index is 0.293. The lowest BCUT2D eigenvalue weighted by molar-refractivity contribution is 0.267. The lowest BCUT2D eigenvalue weighted by atomic mass is 9.92. The highest BCUT2D eigenvalue weighted by molar-refractivity contribution is 7.86. The molecule has 0 radical (unpaired) electrons. The van der Waals surface area contributed by atoms with Gasteiger partial charge in [0.1, 0.15) is 0 Å². The summed E-state index contributed by atoms with van der Waals surface area (Å²) in [6.07, 6.45) is 8.67. The van der Waals surface area contributed by atoms with Gasteiger partial charge in [0, 0.05) is 38.6 Å². The van der Waals surface area contributed by atoms with Crippen molar-refractivity contribution in [2.24, 2.45) is 0 Å². The van der Waals surface area contributed by atoms with E-state index in [0.717, 1.165) is 32.1 Å². The van der Waals surface area contributed by atoms with Crippen LogP contribution >= 0.6 is 0 Å². The Hall–Kier alpha value is -0.980. The second kappa shape index (κ2) is 6.42. The molecule has 0 aromatic carbocycles. The van der Waals surface area contributed by atoms with Crippen LogP contribution in [-0.2, 0) is 10.2 Å². The first kappa shape index (κ1) is 14.9. The monoisotopic (exact) mass is 309 g/mol. The Labute approximate surface area is 127 Å². The molecule has 0 bridgehead atoms. The molecule has 6 heteroatoms. The van der Waals surface area contributed by atoms with Gasteiger partial charge in [-0.2, -0.15) is 17.0 Å². The predicted octanol–water partition coefficient (Wildman–Crippen LogP) is 1.99. The molecule has 3 heterocycles. The van der Waals surface area contributed by atoms with Crippen LogP contribution in [0.2, 0.25) is 0 Å². The summed E-state index contributed by atoms with van der Waals surface area (Å²) < 4.78 is 28.9. The first-order chi connectivity index (χ1) is 10.2. The normalized spacial score (nSPS) is 25.8. The average molecular weight is 309 g/mol. The van der Waals surface area contributed by atoms with Gasteiger partial charge in [0.2, 0.25) is 0 Å². The highest BCUT2D eigenvalue weighted by Gasteiger charge is 2.34. The highest BCUT2D eigenvalue weighted by Crippen LogP contribution is 2.29. The number of nitrogens with zero attached hydrogens (tertiary/aromatic N) is 3. The summed E-state index contributed by atoms with van der Waals surface area (Å²) in [4.78, 5) is 4.04. The molecule has 2 aliphatic rings. The van der Waals surface area contributed by atoms with Gasteiger partial charge in [0.15, 0.2) is 0 Å². The van der Waals surface area contributed by atoms with Crippen LogP contribution in [-0.4, -0.2) is 48.2 Å². The third-order valence-electron chi connectivity index (χ3n) is 4.53. The standard InChI is InChI=1S/C15H23N3O2S/c19-21(20,17-10-2-1-3-11-17)18-12-4-5-15(13-18)14-6-8-16-9-7-14/h6-9,15H,1-5,10-13H2/t15-/m1/s1. The lowest BCUT2D eigenvalue weighted by Gasteiger charge is -2.36. The van der Waals surface area contributed by atoms with Crippen molar-refractivity contribution in [2.75, 3.05) is 26.2 Å². The second-order valence-electron chi connectivity index (χ2n) is 5.95. The summed E-state index contributed by atoms with van der Waals surface area (Å²) in [5, 5.41) is 0. The number of rotatable bonds is 3. The molecule has 0 aliphatic carbocycles. The van der Waals surface area contributed by atoms with Crippen LogP contribution in [0.5, 0.6) is 0 Å². The van der Waals surface area contributed by atoms with E-state index in [1.54, 1.807) is 21.0 Å². The molecular formula is C15H23N3O2S. The molecule has 2 saturated heterocycles. The largest absolute Gasteiger partial charge is 0.281 e. The van der Waals surface area contributed by atoms with Gasteiger partial charge in [0.25, 0.3) is 10.2 Å². The Morgan fingerprint density at radius 1 is 0.952 bits per heavy atom. The van der Waals surface area contributed by atoms with Crippen molar-refractivity contribution in [2.45, 2.75) is 38.0 Å². The Morgan fingerprint density at radius 2 is 1.62 bits per heavy atom. The fourth-order valence-electron chi connectivity index (χ4n) is 3.32. The fourth-order valence-corrected chi connectivity index (χ4v) is 5.09. The van der Waals surface area contributed by atoms with Crippen LogP contribution in [0.4, 0.5) is 0 Å². The molecule has 5 nitrogen and oxygen atoms in total. The van der Waals surface area contributed by atoms with Crippen LogP contribution in [0.3, 0.4) is 0 Å². The van der Waals surface area contributed by atoms with E-state index in [0.29, 0.717) is 32.1 Å². The summed E-state index contributed by atoms with van der Waals surface area (Å²) in [6, 6.07) is 4.00. The van der Waals surface area contributed by atoms with Crippen molar-refractivity contribution in [1.82, 2.24) is 13.6 Å². The van der Waals surface area contributed by atoms with Gasteiger partial charge in [-0.25, -0.2) is 0 Å². The van der Waals surface area contributed by atoms with Gasteiger partial charge in [-0.3, -0.25) is 4.98 Å². The van der Waals surface area contributed by atoms with Crippen molar-refractivity contribution in [3.8, 4) is 0 Å². The zero-order valence-electron chi connectivity index (χ0n) is 12.3. The van der Waals surface area contributed by atoms with Gasteiger partial charge in [-0.1, -0.05) is 6.42 Å². The van der Waals surface area contributed by atoms with Gasteiger partial charge >= 0.3 is 0 Å². The molecule has 0 spiro atoms. The maximum atomic E-state index is 12.8. The number of hydrogen-bond acceptors (Lipinski definition) is 3. The number of pyridine rings is 1. The molecule has 3 rings (SSSR count). The average Bonchev–Trinajstić information content (AvgIpc) is 2.57. The van der Waals surface area contributed by atoms with Crippen LogP contribution in [0.15, 0.2) is 24.5 Å². The number of aromatic nitrogens is 1. The van der Waals surface area contributed by atoms with Crippen molar-refractivity contribution in [3.63, 3.8) is 0 Å². The third-order valence-corrected chi connectivity index (χ3v) is 6.53. The van der Waals surface area contributed by atoms with Crippen molar-refractivity contribution >= 4 is 10.2 Å². The predicted molar refractivity (Wildman–Crippen MR) is 82.1 cm³/mol. The second-order valence-corrected chi connectivity index (χ2v) is 7.87. The van der Waals surface area contributed by atoms with Crippen LogP contribution in [0.25, 0.3) is 0 Å². The molecule has 2 fully saturated rings. The smallest absolute Gasteiger partial charge is 0.265 e. The SMILES string of the molecule is O=S(=O)(N1CCCCC1)N1CCC[C@@H](c2ccncc2)C1. The maximum absolute atomic E-state index is 12.8. The molecule has 2 aliphatic heterocycles. The van der Waals surface area contributed by atoms with Gasteiger partial charge in [0.05, 0.1) is 0 Å². The van der Waals surface area contributed by atoms with Gasteiger partial charge in [-0.15, -0.1) is 0 Å². The molecule has 0 N–H and O–H groups in total. The van der Waals surface area contributed by atoms with Crippen LogP contribution < -0.4 is 0 Å². The summed E-state index contributed by atoms with van der Waals surface area (Å²) in [5.41, 5.74) is 1.20. The highest BCUT2D eigenvalue weighted by atomic mass is 32.2. The summed E-state index contributed by atoms with van der Waals surface area (Å²) in [5.74, 6) is 0.293. The molecule has 1 aromatic heterocycles. The van der Waals surface area contributed by atoms with E-state index in [9.17, 15) is 8.42 Å². The van der Waals surface area contributed by atoms with Crippen molar-refractivity contribution in [3.05, 3.63) is 30.1 Å². The lowest BCUT2D eigenvalue weighted by Crippen LogP contribution is -2.49. The maximum Gasteiger partial charge on any atom is 0.281 e. The summed E-state index contributed by atoms with van der Waals surface area (Å²) in [6.45, 7) is 2.61. The molecular weight excluding hydrogens is 286 g/mol. The van der Waals surface area contributed by atoms with Crippen molar-refractivity contribution < 1.29 is 8.42 Å². The molecule has 21 heavy (non-hydrogen) atoms. The van der Waals surface area contributed by atoms with E-state index in [2.05, 4.69) is 4.98 Å². The van der Waals surface area contributed by atoms with E-state index >= 15 is 0 Å². The third kappa shape index (κ3) is 3.27. The summed E-state index contributed by atoms with van der Waals surface area (Å²) >= 11 is 0. The van der Waals surface area contributed by atoms with Crippen LogP contribution in [0, 0.1) is 0 Å². The van der Waals surface area contributed by atoms with E-state index in [1.807, 2.05) is 12.1 Å². The van der Waals surface area contributed by atoms with Gasteiger partial charge < -0.3 is 0 Å². The topological polar surface area (TPSA) is 53.5 Å². The zero-order chi connectivity index (χ0) is 14.7. The van der Waals surface area contributed by atoms with E-state index < -0.39 is 10.2 Å². The number of piperidine rings is 2. The Bertz CT molecular complexity index is 556. The first-order valence-corrected chi connectivity index (χ1v) is 9.23. The molecule has 1 atom stereocenters. The van der Waals surface area contributed by atoms with Gasteiger partial charge in [-0.05, 0) is 49.3 Å². The molecule has 1 aromatic rings. The minimum atomic E-state index is -3.27. The Kier molecular flexibility index (Phi) is 4.57. The quantitative estimate of drug-likeness (QED) is 0.858. The molecule has 0 saturated carbocycles. The van der Waals surface area contributed by atoms with E-state index in [4.69, 9.17) is 0 Å². The minimum Gasteiger partial charge on any atom is -0.265 e.